The van der Waals surface area contributed by atoms with Crippen molar-refractivity contribution in [3.05, 3.63) is 35.4 Å². The molecule has 4 heteroatoms. The number of carbonyl (C=O) groups excluding carboxylic acids is 1. The standard InChI is InChI=1S/C13H14N2O2/c1-17-13(16)3-2-8-15-10-12-6-4-11(9-14)5-7-12/h4-7,10H,2-3,8H2,1H3. The predicted octanol–water partition coefficient (Wildman–Crippen LogP) is 1.93. The summed E-state index contributed by atoms with van der Waals surface area (Å²) in [5.41, 5.74) is 1.58. The summed E-state index contributed by atoms with van der Waals surface area (Å²) in [7, 11) is 1.38. The first-order chi connectivity index (χ1) is 8.26. The van der Waals surface area contributed by atoms with Crippen LogP contribution in [0, 0.1) is 11.3 Å². The average Bonchev–Trinajstić information content (AvgIpc) is 2.38. The molecule has 4 nitrogen and oxygen atoms in total. The van der Waals surface area contributed by atoms with Gasteiger partial charge >= 0.3 is 5.97 Å². The van der Waals surface area contributed by atoms with Gasteiger partial charge in [-0.2, -0.15) is 5.26 Å². The molecule has 0 N–H and O–H groups in total. The van der Waals surface area contributed by atoms with E-state index in [0.29, 0.717) is 24.9 Å². The molecule has 0 saturated heterocycles. The van der Waals surface area contributed by atoms with Crippen LogP contribution < -0.4 is 0 Å². The van der Waals surface area contributed by atoms with Gasteiger partial charge < -0.3 is 4.74 Å². The second-order valence-electron chi connectivity index (χ2n) is 3.45. The maximum atomic E-state index is 10.8. The third-order valence-corrected chi connectivity index (χ3v) is 2.18. The van der Waals surface area contributed by atoms with Gasteiger partial charge in [0.25, 0.3) is 0 Å². The molecule has 1 aromatic carbocycles. The average molecular weight is 230 g/mol. The van der Waals surface area contributed by atoms with Crippen molar-refractivity contribution >= 4 is 12.2 Å². The van der Waals surface area contributed by atoms with Gasteiger partial charge in [-0.25, -0.2) is 0 Å². The molecule has 0 fully saturated rings. The van der Waals surface area contributed by atoms with Crippen LogP contribution in [0.2, 0.25) is 0 Å². The van der Waals surface area contributed by atoms with E-state index in [4.69, 9.17) is 5.26 Å². The number of esters is 1. The van der Waals surface area contributed by atoms with Crippen LogP contribution in [0.3, 0.4) is 0 Å². The zero-order valence-corrected chi connectivity index (χ0v) is 9.72. The van der Waals surface area contributed by atoms with Gasteiger partial charge in [0.2, 0.25) is 0 Å². The number of benzene rings is 1. The number of rotatable bonds is 5. The molecule has 0 amide bonds. The molecule has 88 valence electrons. The Labute approximate surface area is 101 Å². The minimum absolute atomic E-state index is 0.210. The zero-order chi connectivity index (χ0) is 12.5. The van der Waals surface area contributed by atoms with E-state index in [9.17, 15) is 4.79 Å². The first-order valence-corrected chi connectivity index (χ1v) is 5.33. The van der Waals surface area contributed by atoms with Crippen molar-refractivity contribution in [3.63, 3.8) is 0 Å². The lowest BCUT2D eigenvalue weighted by atomic mass is 10.2. The minimum Gasteiger partial charge on any atom is -0.469 e. The molecule has 0 bridgehead atoms. The third kappa shape index (κ3) is 4.94. The van der Waals surface area contributed by atoms with E-state index in [2.05, 4.69) is 15.8 Å². The molecule has 17 heavy (non-hydrogen) atoms. The highest BCUT2D eigenvalue weighted by molar-refractivity contribution is 5.79. The van der Waals surface area contributed by atoms with Gasteiger partial charge in [-0.15, -0.1) is 0 Å². The lowest BCUT2D eigenvalue weighted by Crippen LogP contribution is -2.00. The number of nitrogens with zero attached hydrogens (tertiary/aromatic N) is 2. The largest absolute Gasteiger partial charge is 0.469 e. The Hall–Kier alpha value is -2.15. The zero-order valence-electron chi connectivity index (χ0n) is 9.72. The summed E-state index contributed by atoms with van der Waals surface area (Å²) >= 11 is 0. The van der Waals surface area contributed by atoms with Gasteiger partial charge in [-0.1, -0.05) is 12.1 Å². The Balaban J connectivity index is 2.33. The van der Waals surface area contributed by atoms with E-state index in [1.165, 1.54) is 7.11 Å². The summed E-state index contributed by atoms with van der Waals surface area (Å²) in [4.78, 5) is 15.0. The van der Waals surface area contributed by atoms with Gasteiger partial charge in [0.05, 0.1) is 18.7 Å². The van der Waals surface area contributed by atoms with Crippen molar-refractivity contribution in [2.75, 3.05) is 13.7 Å². The van der Waals surface area contributed by atoms with Crippen LogP contribution in [0.4, 0.5) is 0 Å². The normalized spacial score (nSPS) is 10.1. The van der Waals surface area contributed by atoms with Crippen LogP contribution in [0.5, 0.6) is 0 Å². The molecule has 0 aromatic heterocycles. The number of methoxy groups -OCH3 is 1. The van der Waals surface area contributed by atoms with Crippen molar-refractivity contribution in [2.45, 2.75) is 12.8 Å². The highest BCUT2D eigenvalue weighted by atomic mass is 16.5. The molecule has 0 atom stereocenters. The van der Waals surface area contributed by atoms with Gasteiger partial charge in [0.1, 0.15) is 0 Å². The van der Waals surface area contributed by atoms with E-state index in [-0.39, 0.29) is 5.97 Å². The number of ether oxygens (including phenoxy) is 1. The van der Waals surface area contributed by atoms with E-state index in [0.717, 1.165) is 5.56 Å². The van der Waals surface area contributed by atoms with Crippen LogP contribution in [-0.4, -0.2) is 25.8 Å². The molecular formula is C13H14N2O2. The van der Waals surface area contributed by atoms with Crippen LogP contribution in [-0.2, 0) is 9.53 Å². The summed E-state index contributed by atoms with van der Waals surface area (Å²) < 4.78 is 4.52. The number of nitriles is 1. The highest BCUT2D eigenvalue weighted by Gasteiger charge is 1.97. The molecule has 0 saturated carbocycles. The van der Waals surface area contributed by atoms with Crippen molar-refractivity contribution in [2.24, 2.45) is 4.99 Å². The molecule has 1 rings (SSSR count). The Kier molecular flexibility index (Phi) is 5.45. The van der Waals surface area contributed by atoms with Gasteiger partial charge in [-0.05, 0) is 24.1 Å². The van der Waals surface area contributed by atoms with E-state index >= 15 is 0 Å². The van der Waals surface area contributed by atoms with Crippen molar-refractivity contribution < 1.29 is 9.53 Å². The van der Waals surface area contributed by atoms with Crippen molar-refractivity contribution in [1.29, 1.82) is 5.26 Å². The maximum absolute atomic E-state index is 10.8. The van der Waals surface area contributed by atoms with Crippen LogP contribution in [0.25, 0.3) is 0 Å². The Morgan fingerprint density at radius 3 is 2.76 bits per heavy atom. The predicted molar refractivity (Wildman–Crippen MR) is 64.9 cm³/mol. The van der Waals surface area contributed by atoms with Gasteiger partial charge in [0.15, 0.2) is 0 Å². The quantitative estimate of drug-likeness (QED) is 0.441. The summed E-state index contributed by atoms with van der Waals surface area (Å²) in [6.45, 7) is 0.592. The summed E-state index contributed by atoms with van der Waals surface area (Å²) in [5.74, 6) is -0.210. The van der Waals surface area contributed by atoms with Gasteiger partial charge in [-0.3, -0.25) is 9.79 Å². The fourth-order valence-corrected chi connectivity index (χ4v) is 1.23. The lowest BCUT2D eigenvalue weighted by Gasteiger charge is -1.96. The summed E-state index contributed by atoms with van der Waals surface area (Å²) in [6, 6.07) is 9.22. The fraction of sp³-hybridized carbons (Fsp3) is 0.308. The Bertz CT molecular complexity index is 430. The van der Waals surface area contributed by atoms with Crippen LogP contribution in [0.15, 0.2) is 29.3 Å². The molecule has 0 heterocycles. The monoisotopic (exact) mass is 230 g/mol. The number of carbonyl (C=O) groups is 1. The molecule has 0 aliphatic carbocycles. The molecule has 0 unspecified atom stereocenters. The molecule has 0 aliphatic heterocycles. The number of aliphatic imine (C=N–C) groups is 1. The van der Waals surface area contributed by atoms with E-state index in [1.54, 1.807) is 18.3 Å². The van der Waals surface area contributed by atoms with Crippen molar-refractivity contribution in [3.8, 4) is 6.07 Å². The molecule has 0 aliphatic rings. The van der Waals surface area contributed by atoms with E-state index in [1.807, 2.05) is 12.1 Å². The lowest BCUT2D eigenvalue weighted by molar-refractivity contribution is -0.140. The summed E-state index contributed by atoms with van der Waals surface area (Å²) in [6.07, 6.45) is 2.80. The molecular weight excluding hydrogens is 216 g/mol. The van der Waals surface area contributed by atoms with Crippen LogP contribution in [0.1, 0.15) is 24.0 Å². The first-order valence-electron chi connectivity index (χ1n) is 5.33. The van der Waals surface area contributed by atoms with E-state index < -0.39 is 0 Å². The van der Waals surface area contributed by atoms with Crippen LogP contribution >= 0.6 is 0 Å². The second kappa shape index (κ2) is 7.18. The first kappa shape index (κ1) is 12.9. The Morgan fingerprint density at radius 2 is 2.18 bits per heavy atom. The van der Waals surface area contributed by atoms with Crippen molar-refractivity contribution in [1.82, 2.24) is 0 Å². The number of hydrogen-bond donors (Lipinski definition) is 0. The SMILES string of the molecule is COC(=O)CCCN=Cc1ccc(C#N)cc1. The smallest absolute Gasteiger partial charge is 0.305 e. The maximum Gasteiger partial charge on any atom is 0.305 e. The topological polar surface area (TPSA) is 62.4 Å². The fourth-order valence-electron chi connectivity index (χ4n) is 1.23. The third-order valence-electron chi connectivity index (χ3n) is 2.18. The second-order valence-corrected chi connectivity index (χ2v) is 3.45. The highest BCUT2D eigenvalue weighted by Crippen LogP contribution is 2.01. The summed E-state index contributed by atoms with van der Waals surface area (Å²) in [5, 5.41) is 8.62. The minimum atomic E-state index is -0.210. The Morgan fingerprint density at radius 1 is 1.47 bits per heavy atom. The number of hydrogen-bond acceptors (Lipinski definition) is 4. The van der Waals surface area contributed by atoms with Gasteiger partial charge in [0, 0.05) is 19.2 Å². The molecule has 0 spiro atoms. The molecule has 0 radical (unpaired) electrons. The molecule has 1 aromatic rings.